The van der Waals surface area contributed by atoms with Crippen molar-refractivity contribution in [2.24, 2.45) is 0 Å². The lowest BCUT2D eigenvalue weighted by atomic mass is 10.1. The molecule has 0 aliphatic carbocycles. The third-order valence-electron chi connectivity index (χ3n) is 8.98. The molecule has 0 saturated heterocycles. The number of carbonyl (C=O) groups excluding carboxylic acids is 3. The minimum absolute atomic E-state index is 0.0958. The van der Waals surface area contributed by atoms with Crippen LogP contribution >= 0.6 is 0 Å². The molecule has 6 heteroatoms. The van der Waals surface area contributed by atoms with Gasteiger partial charge in [0.15, 0.2) is 6.10 Å². The van der Waals surface area contributed by atoms with Crippen LogP contribution < -0.4 is 0 Å². The molecule has 0 heterocycles. The van der Waals surface area contributed by atoms with E-state index in [1.807, 2.05) is 6.08 Å². The number of unbranched alkanes of at least 4 members (excludes halogenated alkanes) is 17. The van der Waals surface area contributed by atoms with Crippen molar-refractivity contribution in [1.82, 2.24) is 0 Å². The SMILES string of the molecule is CC/C=C\C/C=C\C/C=C\CC(=O)OC(COC(=O)CCC/C=C\CCCCCC)COC(=O)CCCCCCC/C=C\C=C/CCCCCCCCC. The second-order valence-corrected chi connectivity index (χ2v) is 14.3. The molecule has 0 saturated carbocycles. The maximum Gasteiger partial charge on any atom is 0.310 e. The molecule has 0 aromatic heterocycles. The van der Waals surface area contributed by atoms with Crippen molar-refractivity contribution in [3.8, 4) is 0 Å². The predicted molar refractivity (Wildman–Crippen MR) is 228 cm³/mol. The number of ether oxygens (including phenoxy) is 3. The van der Waals surface area contributed by atoms with E-state index in [0.29, 0.717) is 12.8 Å². The van der Waals surface area contributed by atoms with Gasteiger partial charge in [0.2, 0.25) is 0 Å². The Morgan fingerprint density at radius 3 is 1.41 bits per heavy atom. The molecule has 0 fully saturated rings. The summed E-state index contributed by atoms with van der Waals surface area (Å²) in [5.74, 6) is -1.11. The molecule has 0 amide bonds. The van der Waals surface area contributed by atoms with Gasteiger partial charge in [-0.25, -0.2) is 0 Å². The molecule has 0 bridgehead atoms. The topological polar surface area (TPSA) is 78.9 Å². The fourth-order valence-corrected chi connectivity index (χ4v) is 5.67. The van der Waals surface area contributed by atoms with Gasteiger partial charge in [0.1, 0.15) is 13.2 Å². The largest absolute Gasteiger partial charge is 0.462 e. The summed E-state index contributed by atoms with van der Waals surface area (Å²) in [6.45, 7) is 6.32. The molecule has 0 aliphatic rings. The molecule has 0 aromatic rings. The minimum Gasteiger partial charge on any atom is -0.462 e. The third kappa shape index (κ3) is 40.0. The van der Waals surface area contributed by atoms with Gasteiger partial charge in [-0.2, -0.15) is 0 Å². The van der Waals surface area contributed by atoms with Crippen molar-refractivity contribution in [2.45, 2.75) is 200 Å². The van der Waals surface area contributed by atoms with Gasteiger partial charge in [-0.1, -0.05) is 171 Å². The first-order chi connectivity index (χ1) is 26.5. The van der Waals surface area contributed by atoms with Crippen molar-refractivity contribution in [3.05, 3.63) is 72.9 Å². The Labute approximate surface area is 332 Å². The van der Waals surface area contributed by atoms with Gasteiger partial charge in [0.05, 0.1) is 6.42 Å². The lowest BCUT2D eigenvalue weighted by Crippen LogP contribution is -2.30. The van der Waals surface area contributed by atoms with E-state index in [4.69, 9.17) is 14.2 Å². The number of esters is 3. The fraction of sp³-hybridized carbons (Fsp3) is 0.688. The molecule has 0 aliphatic heterocycles. The van der Waals surface area contributed by atoms with Gasteiger partial charge >= 0.3 is 17.9 Å². The zero-order valence-corrected chi connectivity index (χ0v) is 35.0. The van der Waals surface area contributed by atoms with Crippen molar-refractivity contribution >= 4 is 17.9 Å². The van der Waals surface area contributed by atoms with Gasteiger partial charge < -0.3 is 14.2 Å². The first-order valence-corrected chi connectivity index (χ1v) is 22.0. The van der Waals surface area contributed by atoms with Crippen LogP contribution in [-0.4, -0.2) is 37.2 Å². The summed E-state index contributed by atoms with van der Waals surface area (Å²) in [4.78, 5) is 37.4. The first-order valence-electron chi connectivity index (χ1n) is 22.0. The van der Waals surface area contributed by atoms with Crippen LogP contribution in [0.2, 0.25) is 0 Å². The van der Waals surface area contributed by atoms with E-state index in [-0.39, 0.29) is 38.0 Å². The quantitative estimate of drug-likeness (QED) is 0.0205. The highest BCUT2D eigenvalue weighted by Crippen LogP contribution is 2.11. The average molecular weight is 753 g/mol. The van der Waals surface area contributed by atoms with Crippen LogP contribution in [0.15, 0.2) is 72.9 Å². The maximum atomic E-state index is 12.6. The van der Waals surface area contributed by atoms with Crippen LogP contribution in [0.4, 0.5) is 0 Å². The van der Waals surface area contributed by atoms with Crippen molar-refractivity contribution in [3.63, 3.8) is 0 Å². The zero-order chi connectivity index (χ0) is 39.4. The number of carbonyl (C=O) groups is 3. The Morgan fingerprint density at radius 1 is 0.426 bits per heavy atom. The average Bonchev–Trinajstić information content (AvgIpc) is 3.17. The molecule has 54 heavy (non-hydrogen) atoms. The van der Waals surface area contributed by atoms with Gasteiger partial charge in [-0.15, -0.1) is 0 Å². The lowest BCUT2D eigenvalue weighted by Gasteiger charge is -2.18. The highest BCUT2D eigenvalue weighted by Gasteiger charge is 2.19. The van der Waals surface area contributed by atoms with Crippen LogP contribution in [0.3, 0.4) is 0 Å². The fourth-order valence-electron chi connectivity index (χ4n) is 5.67. The van der Waals surface area contributed by atoms with Crippen LogP contribution in [0.1, 0.15) is 194 Å². The summed E-state index contributed by atoms with van der Waals surface area (Å²) >= 11 is 0. The Balaban J connectivity index is 4.41. The second-order valence-electron chi connectivity index (χ2n) is 14.3. The van der Waals surface area contributed by atoms with Crippen LogP contribution in [0.25, 0.3) is 0 Å². The van der Waals surface area contributed by atoms with Crippen LogP contribution in [-0.2, 0) is 28.6 Å². The number of hydrogen-bond donors (Lipinski definition) is 0. The molecule has 308 valence electrons. The summed E-state index contributed by atoms with van der Waals surface area (Å²) < 4.78 is 16.5. The highest BCUT2D eigenvalue weighted by atomic mass is 16.6. The second kappa shape index (κ2) is 42.6. The number of rotatable bonds is 38. The summed E-state index contributed by atoms with van der Waals surface area (Å²) in [6.07, 6.45) is 52.2. The maximum absolute atomic E-state index is 12.6. The van der Waals surface area contributed by atoms with Crippen LogP contribution in [0.5, 0.6) is 0 Å². The lowest BCUT2D eigenvalue weighted by molar-refractivity contribution is -0.166. The van der Waals surface area contributed by atoms with Crippen molar-refractivity contribution in [1.29, 1.82) is 0 Å². The van der Waals surface area contributed by atoms with E-state index in [2.05, 4.69) is 81.5 Å². The molecular formula is C48H80O6. The Morgan fingerprint density at radius 2 is 0.852 bits per heavy atom. The van der Waals surface area contributed by atoms with Crippen LogP contribution in [0, 0.1) is 0 Å². The van der Waals surface area contributed by atoms with Crippen molar-refractivity contribution < 1.29 is 28.6 Å². The molecule has 0 radical (unpaired) electrons. The standard InChI is InChI=1S/C48H80O6/c1-4-7-10-13-16-19-20-21-22-23-24-25-26-27-30-32-35-38-41-47(50)53-44-45(54-48(51)42-39-36-33-29-18-15-12-9-6-3)43-52-46(49)40-37-34-31-28-17-14-11-8-5-2/h9,12,18,22-25,28-29,31,36,39,45H,4-8,10-11,13-17,19-21,26-27,30,32-35,37-38,40-44H2,1-3H3/b12-9-,23-22-,25-24-,29-18-,31-28-,39-36-. The van der Waals surface area contributed by atoms with Gasteiger partial charge in [-0.3, -0.25) is 14.4 Å². The Hall–Kier alpha value is -3.15. The molecule has 0 spiro atoms. The van der Waals surface area contributed by atoms with E-state index in [9.17, 15) is 14.4 Å². The monoisotopic (exact) mass is 753 g/mol. The minimum atomic E-state index is -0.838. The van der Waals surface area contributed by atoms with Crippen molar-refractivity contribution in [2.75, 3.05) is 13.2 Å². The summed E-state index contributed by atoms with van der Waals surface area (Å²) in [7, 11) is 0. The third-order valence-corrected chi connectivity index (χ3v) is 8.98. The smallest absolute Gasteiger partial charge is 0.310 e. The Kier molecular flexibility index (Phi) is 40.1. The van der Waals surface area contributed by atoms with Gasteiger partial charge in [0, 0.05) is 12.8 Å². The van der Waals surface area contributed by atoms with E-state index in [1.165, 1.54) is 77.0 Å². The van der Waals surface area contributed by atoms with Gasteiger partial charge in [0.25, 0.3) is 0 Å². The molecule has 1 unspecified atom stereocenters. The zero-order valence-electron chi connectivity index (χ0n) is 35.0. The molecule has 6 nitrogen and oxygen atoms in total. The highest BCUT2D eigenvalue weighted by molar-refractivity contribution is 5.72. The summed E-state index contributed by atoms with van der Waals surface area (Å²) in [6, 6.07) is 0. The molecular weight excluding hydrogens is 673 g/mol. The molecule has 0 rings (SSSR count). The molecule has 0 N–H and O–H groups in total. The molecule has 0 aromatic carbocycles. The number of hydrogen-bond acceptors (Lipinski definition) is 6. The summed E-state index contributed by atoms with van der Waals surface area (Å²) in [5.41, 5.74) is 0. The number of allylic oxidation sites excluding steroid dienone is 11. The first kappa shape index (κ1) is 50.9. The van der Waals surface area contributed by atoms with E-state index in [1.54, 1.807) is 6.08 Å². The summed E-state index contributed by atoms with van der Waals surface area (Å²) in [5, 5.41) is 0. The van der Waals surface area contributed by atoms with E-state index >= 15 is 0 Å². The predicted octanol–water partition coefficient (Wildman–Crippen LogP) is 13.9. The Bertz CT molecular complexity index is 1050. The van der Waals surface area contributed by atoms with E-state index < -0.39 is 12.1 Å². The van der Waals surface area contributed by atoms with Gasteiger partial charge in [-0.05, 0) is 77.0 Å². The normalized spacial score (nSPS) is 12.7. The van der Waals surface area contributed by atoms with E-state index in [0.717, 1.165) is 70.6 Å². The molecule has 1 atom stereocenters.